The minimum absolute atomic E-state index is 0.154. The fourth-order valence-electron chi connectivity index (χ4n) is 4.86. The molecule has 204 valence electrons. The second kappa shape index (κ2) is 11.9. The first-order valence-corrected chi connectivity index (χ1v) is 13.2. The van der Waals surface area contributed by atoms with Crippen molar-refractivity contribution >= 4 is 17.6 Å². The van der Waals surface area contributed by atoms with Gasteiger partial charge in [0.05, 0.1) is 19.2 Å². The Morgan fingerprint density at radius 3 is 2.74 bits per heavy atom. The smallest absolute Gasteiger partial charge is 0.321 e. The number of anilines is 1. The molecular weight excluding hydrogens is 486 g/mol. The van der Waals surface area contributed by atoms with Gasteiger partial charge in [0.2, 0.25) is 5.88 Å². The predicted octanol–water partition coefficient (Wildman–Crippen LogP) is 3.61. The van der Waals surface area contributed by atoms with E-state index in [-0.39, 0.29) is 36.9 Å². The van der Waals surface area contributed by atoms with Gasteiger partial charge in [0, 0.05) is 37.2 Å². The molecule has 1 saturated carbocycles. The van der Waals surface area contributed by atoms with Crippen LogP contribution in [0, 0.1) is 37.5 Å². The molecule has 2 aliphatic rings. The molecule has 2 N–H and O–H groups in total. The molecule has 0 radical (unpaired) electrons. The van der Waals surface area contributed by atoms with E-state index in [0.717, 1.165) is 12.8 Å². The molecule has 0 unspecified atom stereocenters. The molecule has 1 fully saturated rings. The van der Waals surface area contributed by atoms with Crippen LogP contribution in [0.5, 0.6) is 5.88 Å². The van der Waals surface area contributed by atoms with Gasteiger partial charge in [-0.3, -0.25) is 4.79 Å². The number of fused-ring (bicyclic) bond motifs is 1. The number of nitrogens with one attached hydrogen (secondary N) is 1. The van der Waals surface area contributed by atoms with Crippen LogP contribution in [-0.4, -0.2) is 75.9 Å². The number of aromatic nitrogens is 2. The third-order valence-corrected chi connectivity index (χ3v) is 7.36. The van der Waals surface area contributed by atoms with Crippen molar-refractivity contribution in [1.82, 2.24) is 19.9 Å². The quantitative estimate of drug-likeness (QED) is 0.574. The number of aliphatic hydroxyl groups excluding tert-OH is 1. The second-order valence-electron chi connectivity index (χ2n) is 10.5. The average Bonchev–Trinajstić information content (AvgIpc) is 3.54. The minimum atomic E-state index is -0.460. The lowest BCUT2D eigenvalue weighted by Gasteiger charge is -2.37. The Balaban J connectivity index is 1.59. The van der Waals surface area contributed by atoms with Crippen molar-refractivity contribution in [3.63, 3.8) is 0 Å². The summed E-state index contributed by atoms with van der Waals surface area (Å²) in [7, 11) is 1.68. The molecule has 0 aromatic carbocycles. The molecule has 1 aliphatic heterocycles. The predicted molar refractivity (Wildman–Crippen MR) is 142 cm³/mol. The van der Waals surface area contributed by atoms with Crippen LogP contribution >= 0.6 is 0 Å². The molecule has 3 atom stereocenters. The number of urea groups is 1. The first-order chi connectivity index (χ1) is 18.2. The number of pyridine rings is 1. The van der Waals surface area contributed by atoms with Crippen molar-refractivity contribution in [2.24, 2.45) is 11.8 Å². The molecule has 10 nitrogen and oxygen atoms in total. The van der Waals surface area contributed by atoms with Crippen LogP contribution in [0.25, 0.3) is 0 Å². The Kier molecular flexibility index (Phi) is 8.57. The monoisotopic (exact) mass is 523 g/mol. The fraction of sp³-hybridized carbons (Fsp3) is 0.571. The largest absolute Gasteiger partial charge is 0.472 e. The number of carbonyl (C=O) groups excluding carboxylic acids is 2. The number of hydrogen-bond acceptors (Lipinski definition) is 7. The molecule has 2 aromatic heterocycles. The number of nitrogens with zero attached hydrogens (tertiary/aromatic N) is 4. The van der Waals surface area contributed by atoms with Crippen LogP contribution < -0.4 is 10.1 Å². The summed E-state index contributed by atoms with van der Waals surface area (Å²) in [6, 6.07) is 0.995. The van der Waals surface area contributed by atoms with Crippen LogP contribution in [0.15, 0.2) is 16.8 Å². The molecule has 4 rings (SSSR count). The third-order valence-electron chi connectivity index (χ3n) is 7.36. The maximum Gasteiger partial charge on any atom is 0.321 e. The van der Waals surface area contributed by atoms with Crippen molar-refractivity contribution in [3.05, 3.63) is 34.8 Å². The molecule has 10 heteroatoms. The van der Waals surface area contributed by atoms with Gasteiger partial charge in [-0.15, -0.1) is 0 Å². The molecule has 3 amide bonds. The van der Waals surface area contributed by atoms with E-state index < -0.39 is 12.1 Å². The highest BCUT2D eigenvalue weighted by Crippen LogP contribution is 2.28. The maximum atomic E-state index is 13.6. The van der Waals surface area contributed by atoms with Gasteiger partial charge >= 0.3 is 6.03 Å². The highest BCUT2D eigenvalue weighted by molar-refractivity contribution is 5.97. The van der Waals surface area contributed by atoms with Crippen LogP contribution in [0.1, 0.15) is 66.9 Å². The van der Waals surface area contributed by atoms with Crippen LogP contribution in [0.3, 0.4) is 0 Å². The molecule has 0 spiro atoms. The summed E-state index contributed by atoms with van der Waals surface area (Å²) in [4.78, 5) is 34.2. The van der Waals surface area contributed by atoms with Crippen molar-refractivity contribution in [1.29, 1.82) is 0 Å². The molecule has 0 saturated heterocycles. The highest BCUT2D eigenvalue weighted by atomic mass is 16.5. The Bertz CT molecular complexity index is 1210. The van der Waals surface area contributed by atoms with E-state index in [9.17, 15) is 14.7 Å². The average molecular weight is 524 g/mol. The number of carbonyl (C=O) groups is 2. The van der Waals surface area contributed by atoms with E-state index in [4.69, 9.17) is 9.26 Å². The number of aryl methyl sites for hydroxylation is 2. The lowest BCUT2D eigenvalue weighted by Crippen LogP contribution is -2.50. The topological polar surface area (TPSA) is 121 Å². The van der Waals surface area contributed by atoms with Gasteiger partial charge in [-0.2, -0.15) is 0 Å². The van der Waals surface area contributed by atoms with E-state index in [0.29, 0.717) is 40.7 Å². The summed E-state index contributed by atoms with van der Waals surface area (Å²) in [5.41, 5.74) is 2.10. The highest BCUT2D eigenvalue weighted by Gasteiger charge is 2.35. The first-order valence-electron chi connectivity index (χ1n) is 13.2. The first kappa shape index (κ1) is 27.5. The van der Waals surface area contributed by atoms with E-state index in [2.05, 4.69) is 27.3 Å². The molecule has 1 aliphatic carbocycles. The summed E-state index contributed by atoms with van der Waals surface area (Å²) in [6.45, 7) is 7.68. The third kappa shape index (κ3) is 6.10. The maximum absolute atomic E-state index is 13.6. The summed E-state index contributed by atoms with van der Waals surface area (Å²) in [5, 5.41) is 16.6. The number of rotatable bonds is 5. The number of amides is 3. The summed E-state index contributed by atoms with van der Waals surface area (Å²) in [5.74, 6) is 7.20. The van der Waals surface area contributed by atoms with Gasteiger partial charge in [-0.1, -0.05) is 36.8 Å². The van der Waals surface area contributed by atoms with Crippen molar-refractivity contribution < 1.29 is 24.0 Å². The number of ether oxygens (including phenoxy) is 1. The summed E-state index contributed by atoms with van der Waals surface area (Å²) in [6.07, 6.45) is 5.78. The van der Waals surface area contributed by atoms with Gasteiger partial charge in [0.1, 0.15) is 23.0 Å². The van der Waals surface area contributed by atoms with Gasteiger partial charge in [-0.05, 0) is 39.7 Å². The van der Waals surface area contributed by atoms with Crippen LogP contribution in [0.4, 0.5) is 10.5 Å². The Morgan fingerprint density at radius 2 is 2.08 bits per heavy atom. The van der Waals surface area contributed by atoms with E-state index in [1.54, 1.807) is 38.1 Å². The second-order valence-corrected chi connectivity index (χ2v) is 10.5. The fourth-order valence-corrected chi connectivity index (χ4v) is 4.86. The molecule has 0 bridgehead atoms. The van der Waals surface area contributed by atoms with Crippen LogP contribution in [0.2, 0.25) is 0 Å². The zero-order valence-electron chi connectivity index (χ0n) is 22.8. The molecule has 2 aromatic rings. The SMILES string of the molecule is Cc1noc(C)c1NC(=O)N(C)C[C@H]1Oc2ncc(C#CC3CCCC3)cc2C(=O)N([C@H](C)CO)C[C@H]1C. The zero-order chi connectivity index (χ0) is 27.4. The zero-order valence-corrected chi connectivity index (χ0v) is 22.8. The Hall–Kier alpha value is -3.58. The lowest BCUT2D eigenvalue weighted by atomic mass is 10.00. The minimum Gasteiger partial charge on any atom is -0.472 e. The van der Waals surface area contributed by atoms with Crippen molar-refractivity contribution in [2.45, 2.75) is 65.5 Å². The van der Waals surface area contributed by atoms with Gasteiger partial charge in [-0.25, -0.2) is 9.78 Å². The summed E-state index contributed by atoms with van der Waals surface area (Å²) >= 11 is 0. The standard InChI is InChI=1S/C28H37N5O5/c1-17-14-33(18(2)16-34)27(35)23-12-22(11-10-21-8-6-7-9-21)13-29-26(23)37-24(17)15-32(5)28(36)30-25-19(3)31-38-20(25)4/h12-13,17-18,21,24,34H,6-9,14-16H2,1-5H3,(H,30,36)/t17-,18-,24-/m1/s1. The number of aliphatic hydroxyl groups is 1. The number of likely N-dealkylation sites (N-methyl/N-ethyl adjacent to an activating group) is 1. The van der Waals surface area contributed by atoms with Gasteiger partial charge in [0.25, 0.3) is 5.91 Å². The van der Waals surface area contributed by atoms with Crippen molar-refractivity contribution in [3.8, 4) is 17.7 Å². The molecule has 38 heavy (non-hydrogen) atoms. The van der Waals surface area contributed by atoms with E-state index in [1.165, 1.54) is 17.7 Å². The Labute approximate surface area is 223 Å². The van der Waals surface area contributed by atoms with E-state index >= 15 is 0 Å². The lowest BCUT2D eigenvalue weighted by molar-refractivity contribution is 0.0356. The van der Waals surface area contributed by atoms with Crippen molar-refractivity contribution in [2.75, 3.05) is 32.1 Å². The Morgan fingerprint density at radius 1 is 1.34 bits per heavy atom. The van der Waals surface area contributed by atoms with Gasteiger partial charge in [0.15, 0.2) is 5.76 Å². The van der Waals surface area contributed by atoms with E-state index in [1.807, 2.05) is 13.8 Å². The van der Waals surface area contributed by atoms with Crippen LogP contribution in [-0.2, 0) is 0 Å². The van der Waals surface area contributed by atoms with Gasteiger partial charge < -0.3 is 29.5 Å². The summed E-state index contributed by atoms with van der Waals surface area (Å²) < 4.78 is 11.4. The number of hydrogen-bond donors (Lipinski definition) is 2. The normalized spacial score (nSPS) is 20.5. The molecular formula is C28H37N5O5. The molecule has 3 heterocycles.